The van der Waals surface area contributed by atoms with Crippen LogP contribution < -0.4 is 0 Å². The first-order valence-electron chi connectivity index (χ1n) is 6.03. The van der Waals surface area contributed by atoms with Gasteiger partial charge in [-0.05, 0) is 25.8 Å². The lowest BCUT2D eigenvalue weighted by Gasteiger charge is -2.30. The monoisotopic (exact) mass is 240 g/mol. The minimum atomic E-state index is -0.611. The standard InChI is InChI=1S/C16H16O2/c1-12(17)14-8-10-16(11-9-14,13(2)18)15-6-4-3-5-7-15/h3-10H,11H2,1-2H3. The lowest BCUT2D eigenvalue weighted by molar-refractivity contribution is -0.121. The summed E-state index contributed by atoms with van der Waals surface area (Å²) in [4.78, 5) is 23.3. The summed E-state index contributed by atoms with van der Waals surface area (Å²) in [7, 11) is 0. The molecule has 0 amide bonds. The van der Waals surface area contributed by atoms with Crippen LogP contribution in [0.25, 0.3) is 0 Å². The molecule has 0 radical (unpaired) electrons. The average Bonchev–Trinajstić information content (AvgIpc) is 2.39. The van der Waals surface area contributed by atoms with Gasteiger partial charge in [0.15, 0.2) is 5.78 Å². The molecule has 1 unspecified atom stereocenters. The van der Waals surface area contributed by atoms with Gasteiger partial charge in [0.2, 0.25) is 0 Å². The highest BCUT2D eigenvalue weighted by Gasteiger charge is 2.35. The number of ketones is 2. The highest BCUT2D eigenvalue weighted by Crippen LogP contribution is 2.35. The quantitative estimate of drug-likeness (QED) is 0.814. The Kier molecular flexibility index (Phi) is 3.28. The van der Waals surface area contributed by atoms with Gasteiger partial charge in [0.1, 0.15) is 5.78 Å². The molecule has 18 heavy (non-hydrogen) atoms. The maximum absolute atomic E-state index is 12.0. The van der Waals surface area contributed by atoms with Crippen molar-refractivity contribution < 1.29 is 9.59 Å². The first-order chi connectivity index (χ1) is 8.56. The number of hydrogen-bond donors (Lipinski definition) is 0. The normalized spacial score (nSPS) is 22.4. The van der Waals surface area contributed by atoms with E-state index in [1.165, 1.54) is 0 Å². The predicted octanol–water partition coefficient (Wildman–Crippen LogP) is 2.99. The Morgan fingerprint density at radius 3 is 2.22 bits per heavy atom. The molecule has 1 aliphatic carbocycles. The van der Waals surface area contributed by atoms with Crippen LogP contribution in [0.2, 0.25) is 0 Å². The number of Topliss-reactive ketones (excluding diaryl/α,β-unsaturated/α-hetero) is 2. The summed E-state index contributed by atoms with van der Waals surface area (Å²) in [6.45, 7) is 3.14. The van der Waals surface area contributed by atoms with E-state index in [0.717, 1.165) is 5.56 Å². The van der Waals surface area contributed by atoms with Gasteiger partial charge in [-0.2, -0.15) is 0 Å². The Morgan fingerprint density at radius 2 is 1.78 bits per heavy atom. The topological polar surface area (TPSA) is 34.1 Å². The van der Waals surface area contributed by atoms with Crippen molar-refractivity contribution in [1.29, 1.82) is 0 Å². The second-order valence-electron chi connectivity index (χ2n) is 4.65. The molecule has 1 aromatic carbocycles. The highest BCUT2D eigenvalue weighted by atomic mass is 16.1. The number of benzene rings is 1. The zero-order valence-corrected chi connectivity index (χ0v) is 10.6. The van der Waals surface area contributed by atoms with Gasteiger partial charge in [-0.1, -0.05) is 48.6 Å². The number of allylic oxidation sites excluding steroid dienone is 4. The Balaban J connectivity index is 2.43. The molecule has 2 rings (SSSR count). The molecule has 92 valence electrons. The van der Waals surface area contributed by atoms with Crippen molar-refractivity contribution in [2.24, 2.45) is 0 Å². The van der Waals surface area contributed by atoms with Crippen molar-refractivity contribution >= 4 is 11.6 Å². The summed E-state index contributed by atoms with van der Waals surface area (Å²) >= 11 is 0. The van der Waals surface area contributed by atoms with Gasteiger partial charge in [0.25, 0.3) is 0 Å². The third kappa shape index (κ3) is 2.06. The summed E-state index contributed by atoms with van der Waals surface area (Å²) in [5.74, 6) is 0.139. The highest BCUT2D eigenvalue weighted by molar-refractivity contribution is 5.98. The lowest BCUT2D eigenvalue weighted by Crippen LogP contribution is -2.33. The van der Waals surface area contributed by atoms with E-state index in [1.807, 2.05) is 42.5 Å². The second-order valence-corrected chi connectivity index (χ2v) is 4.65. The summed E-state index contributed by atoms with van der Waals surface area (Å²) in [5.41, 5.74) is 1.05. The third-order valence-electron chi connectivity index (χ3n) is 3.52. The van der Waals surface area contributed by atoms with Crippen molar-refractivity contribution in [3.8, 4) is 0 Å². The summed E-state index contributed by atoms with van der Waals surface area (Å²) in [6, 6.07) is 9.70. The molecular weight excluding hydrogens is 224 g/mol. The summed E-state index contributed by atoms with van der Waals surface area (Å²) < 4.78 is 0. The zero-order chi connectivity index (χ0) is 13.2. The van der Waals surface area contributed by atoms with E-state index in [0.29, 0.717) is 12.0 Å². The molecule has 0 saturated heterocycles. The zero-order valence-electron chi connectivity index (χ0n) is 10.6. The Labute approximate surface area is 107 Å². The van der Waals surface area contributed by atoms with Gasteiger partial charge in [0, 0.05) is 5.57 Å². The van der Waals surface area contributed by atoms with Gasteiger partial charge in [-0.25, -0.2) is 0 Å². The van der Waals surface area contributed by atoms with Crippen LogP contribution in [0.4, 0.5) is 0 Å². The molecule has 0 saturated carbocycles. The molecule has 0 N–H and O–H groups in total. The van der Waals surface area contributed by atoms with Crippen LogP contribution in [-0.4, -0.2) is 11.6 Å². The predicted molar refractivity (Wildman–Crippen MR) is 71.3 cm³/mol. The maximum Gasteiger partial charge on any atom is 0.159 e. The fourth-order valence-electron chi connectivity index (χ4n) is 2.31. The molecule has 2 nitrogen and oxygen atoms in total. The van der Waals surface area contributed by atoms with E-state index in [-0.39, 0.29) is 11.6 Å². The average molecular weight is 240 g/mol. The van der Waals surface area contributed by atoms with E-state index in [1.54, 1.807) is 19.9 Å². The van der Waals surface area contributed by atoms with E-state index >= 15 is 0 Å². The lowest BCUT2D eigenvalue weighted by atomic mass is 9.71. The minimum absolute atomic E-state index is 0.0384. The molecular formula is C16H16O2. The smallest absolute Gasteiger partial charge is 0.159 e. The Bertz CT molecular complexity index is 537. The SMILES string of the molecule is CC(=O)C1=CCC(C(C)=O)(c2ccccc2)C=C1. The number of hydrogen-bond acceptors (Lipinski definition) is 2. The van der Waals surface area contributed by atoms with E-state index in [4.69, 9.17) is 0 Å². The van der Waals surface area contributed by atoms with E-state index in [9.17, 15) is 9.59 Å². The Hall–Kier alpha value is -1.96. The van der Waals surface area contributed by atoms with Crippen LogP contribution in [0.1, 0.15) is 25.8 Å². The molecule has 0 bridgehead atoms. The van der Waals surface area contributed by atoms with Crippen molar-refractivity contribution in [1.82, 2.24) is 0 Å². The maximum atomic E-state index is 12.0. The molecule has 0 aliphatic heterocycles. The largest absolute Gasteiger partial charge is 0.299 e. The number of carbonyl (C=O) groups excluding carboxylic acids is 2. The third-order valence-corrected chi connectivity index (χ3v) is 3.52. The van der Waals surface area contributed by atoms with Gasteiger partial charge >= 0.3 is 0 Å². The fraction of sp³-hybridized carbons (Fsp3) is 0.250. The van der Waals surface area contributed by atoms with Crippen LogP contribution in [0.5, 0.6) is 0 Å². The first-order valence-corrected chi connectivity index (χ1v) is 6.03. The number of rotatable bonds is 3. The summed E-state index contributed by atoms with van der Waals surface area (Å²) in [6.07, 6.45) is 6.04. The molecule has 1 aliphatic rings. The van der Waals surface area contributed by atoms with Crippen LogP contribution in [0.3, 0.4) is 0 Å². The number of carbonyl (C=O) groups is 2. The molecule has 0 spiro atoms. The van der Waals surface area contributed by atoms with Crippen molar-refractivity contribution in [2.75, 3.05) is 0 Å². The van der Waals surface area contributed by atoms with Crippen LogP contribution in [0, 0.1) is 0 Å². The van der Waals surface area contributed by atoms with Crippen LogP contribution >= 0.6 is 0 Å². The molecule has 1 aromatic rings. The molecule has 1 atom stereocenters. The summed E-state index contributed by atoms with van der Waals surface area (Å²) in [5, 5.41) is 0. The van der Waals surface area contributed by atoms with Gasteiger partial charge in [-0.15, -0.1) is 0 Å². The van der Waals surface area contributed by atoms with Gasteiger partial charge < -0.3 is 0 Å². The fourth-order valence-corrected chi connectivity index (χ4v) is 2.31. The van der Waals surface area contributed by atoms with Crippen molar-refractivity contribution in [2.45, 2.75) is 25.7 Å². The van der Waals surface area contributed by atoms with Gasteiger partial charge in [0.05, 0.1) is 5.41 Å². The van der Waals surface area contributed by atoms with Crippen LogP contribution in [0.15, 0.2) is 54.1 Å². The molecule has 0 aromatic heterocycles. The first kappa shape index (κ1) is 12.5. The van der Waals surface area contributed by atoms with Crippen molar-refractivity contribution in [3.05, 3.63) is 59.7 Å². The molecule has 0 fully saturated rings. The molecule has 0 heterocycles. The van der Waals surface area contributed by atoms with Gasteiger partial charge in [-0.3, -0.25) is 9.59 Å². The minimum Gasteiger partial charge on any atom is -0.299 e. The van der Waals surface area contributed by atoms with Crippen molar-refractivity contribution in [3.63, 3.8) is 0 Å². The van der Waals surface area contributed by atoms with Crippen LogP contribution in [-0.2, 0) is 15.0 Å². The second kappa shape index (κ2) is 4.73. The molecule has 2 heteroatoms. The van der Waals surface area contributed by atoms with E-state index < -0.39 is 5.41 Å². The Morgan fingerprint density at radius 1 is 1.11 bits per heavy atom. The van der Waals surface area contributed by atoms with E-state index in [2.05, 4.69) is 0 Å².